The van der Waals surface area contributed by atoms with Crippen LogP contribution < -0.4 is 9.47 Å². The highest BCUT2D eigenvalue weighted by Gasteiger charge is 2.21. The Morgan fingerprint density at radius 1 is 0.850 bits per heavy atom. The van der Waals surface area contributed by atoms with Crippen molar-refractivity contribution in [3.05, 3.63) is 56.5 Å². The van der Waals surface area contributed by atoms with E-state index in [1.807, 2.05) is 30.3 Å². The maximum atomic E-state index is 5.66. The second kappa shape index (κ2) is 6.08. The lowest BCUT2D eigenvalue weighted by Gasteiger charge is -2.22. The van der Waals surface area contributed by atoms with Crippen molar-refractivity contribution < 1.29 is 9.47 Å². The molecule has 2 aromatic rings. The van der Waals surface area contributed by atoms with Crippen molar-refractivity contribution in [1.29, 1.82) is 0 Å². The van der Waals surface area contributed by atoms with Gasteiger partial charge in [-0.15, -0.1) is 0 Å². The molecule has 1 unspecified atom stereocenters. The fourth-order valence-corrected chi connectivity index (χ4v) is 4.58. The quantitative estimate of drug-likeness (QED) is 0.551. The van der Waals surface area contributed by atoms with Crippen LogP contribution in [0.15, 0.2) is 45.3 Å². The summed E-state index contributed by atoms with van der Waals surface area (Å²) in [6.07, 6.45) is 0. The summed E-state index contributed by atoms with van der Waals surface area (Å²) in [7, 11) is 0. The van der Waals surface area contributed by atoms with Crippen LogP contribution in [-0.2, 0) is 0 Å². The van der Waals surface area contributed by atoms with Gasteiger partial charge in [0, 0.05) is 8.95 Å². The lowest BCUT2D eigenvalue weighted by atomic mass is 10.0. The van der Waals surface area contributed by atoms with Crippen molar-refractivity contribution in [2.45, 2.75) is 4.83 Å². The first-order valence-electron chi connectivity index (χ1n) is 6.14. The van der Waals surface area contributed by atoms with Crippen LogP contribution in [0.25, 0.3) is 0 Å². The van der Waals surface area contributed by atoms with Gasteiger partial charge in [0.2, 0.25) is 0 Å². The molecule has 0 spiro atoms. The highest BCUT2D eigenvalue weighted by Crippen LogP contribution is 2.43. The van der Waals surface area contributed by atoms with E-state index in [1.165, 1.54) is 5.56 Å². The Hall–Kier alpha value is -0.520. The van der Waals surface area contributed by atoms with Crippen molar-refractivity contribution in [2.75, 3.05) is 13.2 Å². The summed E-state index contributed by atoms with van der Waals surface area (Å²) < 4.78 is 13.3. The maximum Gasteiger partial charge on any atom is 0.162 e. The van der Waals surface area contributed by atoms with E-state index < -0.39 is 0 Å². The third-order valence-corrected chi connectivity index (χ3v) is 5.51. The Labute approximate surface area is 142 Å². The van der Waals surface area contributed by atoms with E-state index in [9.17, 15) is 0 Å². The molecule has 0 amide bonds. The maximum absolute atomic E-state index is 5.66. The van der Waals surface area contributed by atoms with Crippen LogP contribution >= 0.6 is 47.8 Å². The Morgan fingerprint density at radius 2 is 1.50 bits per heavy atom. The number of fused-ring (bicyclic) bond motifs is 1. The highest BCUT2D eigenvalue weighted by molar-refractivity contribution is 9.11. The number of hydrogen-bond donors (Lipinski definition) is 0. The SMILES string of the molecule is Brc1ccccc1C(Br)c1cc2c(cc1Br)OCCO2. The zero-order valence-electron chi connectivity index (χ0n) is 10.4. The molecule has 3 rings (SSSR count). The van der Waals surface area contributed by atoms with Gasteiger partial charge in [0.05, 0.1) is 4.83 Å². The molecule has 0 fully saturated rings. The van der Waals surface area contributed by atoms with Gasteiger partial charge in [-0.1, -0.05) is 66.0 Å². The number of ether oxygens (including phenoxy) is 2. The minimum atomic E-state index is 0.0725. The van der Waals surface area contributed by atoms with Crippen molar-refractivity contribution in [2.24, 2.45) is 0 Å². The third-order valence-electron chi connectivity index (χ3n) is 3.11. The van der Waals surface area contributed by atoms with Gasteiger partial charge in [0.1, 0.15) is 13.2 Å². The summed E-state index contributed by atoms with van der Waals surface area (Å²) in [5, 5.41) is 0. The minimum absolute atomic E-state index is 0.0725. The molecule has 0 radical (unpaired) electrons. The van der Waals surface area contributed by atoms with Gasteiger partial charge in [0.25, 0.3) is 0 Å². The molecule has 0 bridgehead atoms. The molecule has 104 valence electrons. The summed E-state index contributed by atoms with van der Waals surface area (Å²) in [6.45, 7) is 1.19. The molecule has 0 saturated carbocycles. The first-order chi connectivity index (χ1) is 9.66. The third kappa shape index (κ3) is 2.76. The topological polar surface area (TPSA) is 18.5 Å². The van der Waals surface area contributed by atoms with Gasteiger partial charge in [-0.3, -0.25) is 0 Å². The zero-order chi connectivity index (χ0) is 14.1. The van der Waals surface area contributed by atoms with Crippen LogP contribution in [0.5, 0.6) is 11.5 Å². The van der Waals surface area contributed by atoms with Crippen molar-refractivity contribution in [3.8, 4) is 11.5 Å². The molecular weight excluding hydrogens is 452 g/mol. The van der Waals surface area contributed by atoms with Gasteiger partial charge < -0.3 is 9.47 Å². The average molecular weight is 463 g/mol. The Morgan fingerprint density at radius 3 is 2.20 bits per heavy atom. The monoisotopic (exact) mass is 460 g/mol. The predicted octanol–water partition coefficient (Wildman–Crippen LogP) is 5.47. The Bertz CT molecular complexity index is 643. The van der Waals surface area contributed by atoms with E-state index in [1.54, 1.807) is 0 Å². The fraction of sp³-hybridized carbons (Fsp3) is 0.200. The lowest BCUT2D eigenvalue weighted by molar-refractivity contribution is 0.171. The molecule has 5 heteroatoms. The second-order valence-corrected chi connectivity index (χ2v) is 7.03. The summed E-state index contributed by atoms with van der Waals surface area (Å²) in [5.74, 6) is 1.59. The molecule has 1 aliphatic heterocycles. The lowest BCUT2D eigenvalue weighted by Crippen LogP contribution is -2.15. The fourth-order valence-electron chi connectivity index (χ4n) is 2.12. The normalized spacial score (nSPS) is 14.9. The van der Waals surface area contributed by atoms with Gasteiger partial charge in [-0.2, -0.15) is 0 Å². The highest BCUT2D eigenvalue weighted by atomic mass is 79.9. The van der Waals surface area contributed by atoms with E-state index in [-0.39, 0.29) is 4.83 Å². The van der Waals surface area contributed by atoms with Crippen LogP contribution in [-0.4, -0.2) is 13.2 Å². The first-order valence-corrected chi connectivity index (χ1v) is 8.64. The van der Waals surface area contributed by atoms with Gasteiger partial charge in [0.15, 0.2) is 11.5 Å². The van der Waals surface area contributed by atoms with Gasteiger partial charge >= 0.3 is 0 Å². The van der Waals surface area contributed by atoms with E-state index in [4.69, 9.17) is 9.47 Å². The molecule has 0 aliphatic carbocycles. The summed E-state index contributed by atoms with van der Waals surface area (Å²) in [5.41, 5.74) is 2.28. The molecule has 1 heterocycles. The van der Waals surface area contributed by atoms with Crippen LogP contribution in [0, 0.1) is 0 Å². The standard InChI is InChI=1S/C15H11Br3O2/c16-11-4-2-1-3-9(11)15(18)10-7-13-14(8-12(10)17)20-6-5-19-13/h1-4,7-8,15H,5-6H2. The van der Waals surface area contributed by atoms with Crippen LogP contribution in [0.2, 0.25) is 0 Å². The van der Waals surface area contributed by atoms with Crippen molar-refractivity contribution >= 4 is 47.8 Å². The molecule has 2 aromatic carbocycles. The van der Waals surface area contributed by atoms with Crippen LogP contribution in [0.1, 0.15) is 16.0 Å². The van der Waals surface area contributed by atoms with Gasteiger partial charge in [-0.25, -0.2) is 0 Å². The molecule has 20 heavy (non-hydrogen) atoms. The number of rotatable bonds is 2. The van der Waals surface area contributed by atoms with Crippen molar-refractivity contribution in [1.82, 2.24) is 0 Å². The largest absolute Gasteiger partial charge is 0.486 e. The zero-order valence-corrected chi connectivity index (χ0v) is 15.2. The molecule has 2 nitrogen and oxygen atoms in total. The van der Waals surface area contributed by atoms with E-state index in [2.05, 4.69) is 53.9 Å². The van der Waals surface area contributed by atoms with E-state index in [0.717, 1.165) is 26.0 Å². The molecular formula is C15H11Br3O2. The van der Waals surface area contributed by atoms with Crippen molar-refractivity contribution in [3.63, 3.8) is 0 Å². The number of hydrogen-bond acceptors (Lipinski definition) is 2. The first kappa shape index (κ1) is 14.4. The smallest absolute Gasteiger partial charge is 0.162 e. The Kier molecular flexibility index (Phi) is 4.38. The number of benzene rings is 2. The predicted molar refractivity (Wildman–Crippen MR) is 90.0 cm³/mol. The van der Waals surface area contributed by atoms with E-state index in [0.29, 0.717) is 13.2 Å². The molecule has 0 N–H and O–H groups in total. The Balaban J connectivity index is 2.03. The average Bonchev–Trinajstić information content (AvgIpc) is 2.46. The minimum Gasteiger partial charge on any atom is -0.486 e. The summed E-state index contributed by atoms with van der Waals surface area (Å²) >= 11 is 11.0. The molecule has 0 aromatic heterocycles. The number of alkyl halides is 1. The van der Waals surface area contributed by atoms with Gasteiger partial charge in [-0.05, 0) is 29.3 Å². The van der Waals surface area contributed by atoms with E-state index >= 15 is 0 Å². The second-order valence-electron chi connectivity index (χ2n) is 4.40. The molecule has 0 saturated heterocycles. The molecule has 1 aliphatic rings. The number of halogens is 3. The molecule has 1 atom stereocenters. The van der Waals surface area contributed by atoms with Crippen LogP contribution in [0.3, 0.4) is 0 Å². The van der Waals surface area contributed by atoms with Crippen LogP contribution in [0.4, 0.5) is 0 Å². The summed E-state index contributed by atoms with van der Waals surface area (Å²) in [4.78, 5) is 0.0725. The summed E-state index contributed by atoms with van der Waals surface area (Å²) in [6, 6.07) is 12.2.